The molecule has 4 rings (SSSR count). The number of carbonyl (C=O) groups is 1. The Morgan fingerprint density at radius 3 is 2.66 bits per heavy atom. The fourth-order valence-electron chi connectivity index (χ4n) is 3.87. The van der Waals surface area contributed by atoms with Crippen LogP contribution in [0, 0.1) is 11.3 Å². The predicted molar refractivity (Wildman–Crippen MR) is 113 cm³/mol. The number of halogens is 1. The Hall–Kier alpha value is -1.92. The standard InChI is InChI=1S/C20H20ClN3O3S2/c21-16-8-7-13(11-18(16)29(26,27)24-9-2-1-3-10-24)19(25)23-20-15(12-22)14-5-4-6-17(14)28-20/h7-8,11H,1-6,9-10H2,(H,23,25). The molecular formula is C20H20ClN3O3S2. The third-order valence-electron chi connectivity index (χ3n) is 5.39. The van der Waals surface area contributed by atoms with E-state index in [0.717, 1.165) is 49.0 Å². The number of hydrogen-bond acceptors (Lipinski definition) is 5. The molecule has 0 saturated carbocycles. The van der Waals surface area contributed by atoms with Gasteiger partial charge in [0.25, 0.3) is 5.91 Å². The molecule has 0 radical (unpaired) electrons. The van der Waals surface area contributed by atoms with E-state index in [1.165, 1.54) is 33.8 Å². The summed E-state index contributed by atoms with van der Waals surface area (Å²) in [4.78, 5) is 13.9. The number of piperidine rings is 1. The maximum atomic E-state index is 13.0. The number of carbonyl (C=O) groups excluding carboxylic acids is 1. The van der Waals surface area contributed by atoms with E-state index in [2.05, 4.69) is 11.4 Å². The summed E-state index contributed by atoms with van der Waals surface area (Å²) in [5.74, 6) is -0.451. The Labute approximate surface area is 179 Å². The average Bonchev–Trinajstić information content (AvgIpc) is 3.29. The van der Waals surface area contributed by atoms with Crippen LogP contribution in [0.4, 0.5) is 5.00 Å². The number of nitriles is 1. The van der Waals surface area contributed by atoms with Gasteiger partial charge in [-0.15, -0.1) is 11.3 Å². The minimum Gasteiger partial charge on any atom is -0.312 e. The van der Waals surface area contributed by atoms with Crippen molar-refractivity contribution in [3.63, 3.8) is 0 Å². The quantitative estimate of drug-likeness (QED) is 0.757. The lowest BCUT2D eigenvalue weighted by Crippen LogP contribution is -2.35. The Kier molecular flexibility index (Phi) is 5.67. The zero-order chi connectivity index (χ0) is 20.6. The Morgan fingerprint density at radius 2 is 1.93 bits per heavy atom. The molecule has 152 valence electrons. The minimum atomic E-state index is -3.76. The van der Waals surface area contributed by atoms with Crippen molar-refractivity contribution in [1.82, 2.24) is 4.31 Å². The zero-order valence-electron chi connectivity index (χ0n) is 15.7. The summed E-state index contributed by atoms with van der Waals surface area (Å²) in [5.41, 5.74) is 1.74. The molecule has 0 bridgehead atoms. The lowest BCUT2D eigenvalue weighted by atomic mass is 10.1. The summed E-state index contributed by atoms with van der Waals surface area (Å²) in [6.45, 7) is 0.919. The number of fused-ring (bicyclic) bond motifs is 1. The number of nitrogens with zero attached hydrogens (tertiary/aromatic N) is 2. The molecule has 1 saturated heterocycles. The summed E-state index contributed by atoms with van der Waals surface area (Å²) >= 11 is 7.61. The van der Waals surface area contributed by atoms with Crippen molar-refractivity contribution in [3.05, 3.63) is 44.8 Å². The first-order chi connectivity index (χ1) is 13.9. The van der Waals surface area contributed by atoms with E-state index < -0.39 is 15.9 Å². The van der Waals surface area contributed by atoms with E-state index >= 15 is 0 Å². The van der Waals surface area contributed by atoms with Crippen LogP contribution in [-0.2, 0) is 22.9 Å². The van der Waals surface area contributed by atoms with Crippen molar-refractivity contribution >= 4 is 43.9 Å². The molecule has 0 unspecified atom stereocenters. The first-order valence-corrected chi connectivity index (χ1v) is 12.2. The topological polar surface area (TPSA) is 90.3 Å². The van der Waals surface area contributed by atoms with Gasteiger partial charge in [0.1, 0.15) is 16.0 Å². The number of nitrogens with one attached hydrogen (secondary N) is 1. The van der Waals surface area contributed by atoms with Gasteiger partial charge in [-0.1, -0.05) is 18.0 Å². The van der Waals surface area contributed by atoms with Crippen molar-refractivity contribution in [2.24, 2.45) is 0 Å². The highest BCUT2D eigenvalue weighted by Crippen LogP contribution is 2.39. The number of sulfonamides is 1. The van der Waals surface area contributed by atoms with Gasteiger partial charge in [-0.25, -0.2) is 8.42 Å². The van der Waals surface area contributed by atoms with Gasteiger partial charge in [-0.3, -0.25) is 4.79 Å². The first kappa shape index (κ1) is 20.4. The Bertz CT molecular complexity index is 1110. The summed E-state index contributed by atoms with van der Waals surface area (Å²) in [6, 6.07) is 6.46. The van der Waals surface area contributed by atoms with Gasteiger partial charge in [0, 0.05) is 23.5 Å². The molecule has 9 heteroatoms. The van der Waals surface area contributed by atoms with Gasteiger partial charge < -0.3 is 5.32 Å². The second-order valence-electron chi connectivity index (χ2n) is 7.24. The van der Waals surface area contributed by atoms with Crippen LogP contribution in [-0.4, -0.2) is 31.7 Å². The average molecular weight is 450 g/mol. The van der Waals surface area contributed by atoms with E-state index in [1.807, 2.05) is 0 Å². The maximum absolute atomic E-state index is 13.0. The first-order valence-electron chi connectivity index (χ1n) is 9.57. The van der Waals surface area contributed by atoms with Crippen molar-refractivity contribution in [2.45, 2.75) is 43.4 Å². The van der Waals surface area contributed by atoms with Gasteiger partial charge in [-0.05, 0) is 55.9 Å². The third kappa shape index (κ3) is 3.80. The molecule has 1 aromatic carbocycles. The summed E-state index contributed by atoms with van der Waals surface area (Å²) in [6.07, 6.45) is 5.44. The number of anilines is 1. The predicted octanol–water partition coefficient (Wildman–Crippen LogP) is 4.19. The highest BCUT2D eigenvalue weighted by atomic mass is 35.5. The zero-order valence-corrected chi connectivity index (χ0v) is 18.1. The fraction of sp³-hybridized carbons (Fsp3) is 0.400. The minimum absolute atomic E-state index is 0.0529. The third-order valence-corrected chi connectivity index (χ3v) is 8.97. The number of benzene rings is 1. The van der Waals surface area contributed by atoms with Gasteiger partial charge in [0.05, 0.1) is 10.6 Å². The van der Waals surface area contributed by atoms with Crippen molar-refractivity contribution < 1.29 is 13.2 Å². The van der Waals surface area contributed by atoms with E-state index in [9.17, 15) is 18.5 Å². The van der Waals surface area contributed by atoms with Crippen LogP contribution < -0.4 is 5.32 Å². The lowest BCUT2D eigenvalue weighted by molar-refractivity contribution is 0.102. The van der Waals surface area contributed by atoms with Crippen LogP contribution >= 0.6 is 22.9 Å². The smallest absolute Gasteiger partial charge is 0.256 e. The SMILES string of the molecule is N#Cc1c(NC(=O)c2ccc(Cl)c(S(=O)(=O)N3CCCCC3)c2)sc2c1CCC2. The van der Waals surface area contributed by atoms with Gasteiger partial charge >= 0.3 is 0 Å². The van der Waals surface area contributed by atoms with Gasteiger partial charge in [0.2, 0.25) is 10.0 Å². The number of rotatable bonds is 4. The number of amides is 1. The second-order valence-corrected chi connectivity index (χ2v) is 10.7. The molecule has 2 aromatic rings. The van der Waals surface area contributed by atoms with Crippen molar-refractivity contribution in [3.8, 4) is 6.07 Å². The fourth-order valence-corrected chi connectivity index (χ4v) is 7.12. The summed E-state index contributed by atoms with van der Waals surface area (Å²) in [5, 5.41) is 12.9. The number of hydrogen-bond donors (Lipinski definition) is 1. The summed E-state index contributed by atoms with van der Waals surface area (Å²) in [7, 11) is -3.76. The molecule has 1 aliphatic carbocycles. The summed E-state index contributed by atoms with van der Waals surface area (Å²) < 4.78 is 27.4. The highest BCUT2D eigenvalue weighted by molar-refractivity contribution is 7.89. The Morgan fingerprint density at radius 1 is 1.17 bits per heavy atom. The molecule has 0 atom stereocenters. The van der Waals surface area contributed by atoms with Crippen LogP contribution in [0.1, 0.15) is 52.0 Å². The molecule has 0 spiro atoms. The van der Waals surface area contributed by atoms with E-state index in [4.69, 9.17) is 11.6 Å². The molecule has 1 fully saturated rings. The van der Waals surface area contributed by atoms with Crippen molar-refractivity contribution in [1.29, 1.82) is 5.26 Å². The maximum Gasteiger partial charge on any atom is 0.256 e. The largest absolute Gasteiger partial charge is 0.312 e. The monoisotopic (exact) mass is 449 g/mol. The van der Waals surface area contributed by atoms with Crippen LogP contribution in [0.3, 0.4) is 0 Å². The molecule has 29 heavy (non-hydrogen) atoms. The molecule has 2 aliphatic rings. The molecule has 2 heterocycles. The van der Waals surface area contributed by atoms with Gasteiger partial charge in [-0.2, -0.15) is 9.57 Å². The normalized spacial score (nSPS) is 17.0. The van der Waals surface area contributed by atoms with Crippen LogP contribution in [0.2, 0.25) is 5.02 Å². The molecule has 6 nitrogen and oxygen atoms in total. The molecule has 1 N–H and O–H groups in total. The van der Waals surface area contributed by atoms with Crippen LogP contribution in [0.15, 0.2) is 23.1 Å². The van der Waals surface area contributed by atoms with E-state index in [-0.39, 0.29) is 15.5 Å². The molecule has 1 amide bonds. The van der Waals surface area contributed by atoms with Gasteiger partial charge in [0.15, 0.2) is 0 Å². The molecule has 1 aromatic heterocycles. The van der Waals surface area contributed by atoms with Crippen molar-refractivity contribution in [2.75, 3.05) is 18.4 Å². The Balaban J connectivity index is 1.62. The van der Waals surface area contributed by atoms with E-state index in [1.54, 1.807) is 0 Å². The molecular weight excluding hydrogens is 430 g/mol. The number of aryl methyl sites for hydroxylation is 1. The highest BCUT2D eigenvalue weighted by Gasteiger charge is 2.29. The second kappa shape index (κ2) is 8.07. The lowest BCUT2D eigenvalue weighted by Gasteiger charge is -2.26. The van der Waals surface area contributed by atoms with E-state index in [0.29, 0.717) is 23.7 Å². The van der Waals surface area contributed by atoms with Crippen LogP contribution in [0.25, 0.3) is 0 Å². The number of thiophene rings is 1. The molecule has 1 aliphatic heterocycles. The van der Waals surface area contributed by atoms with Crippen LogP contribution in [0.5, 0.6) is 0 Å².